The zero-order chi connectivity index (χ0) is 25.0. The van der Waals surface area contributed by atoms with Crippen LogP contribution in [0.5, 0.6) is 0 Å². The molecule has 181 valence electrons. The van der Waals surface area contributed by atoms with Gasteiger partial charge in [0.05, 0.1) is 6.04 Å². The minimum absolute atomic E-state index is 0.0275. The Morgan fingerprint density at radius 1 is 0.743 bits per heavy atom. The zero-order valence-electron chi connectivity index (χ0n) is 21.8. The summed E-state index contributed by atoms with van der Waals surface area (Å²) in [5.74, 6) is 0. The second-order valence-electron chi connectivity index (χ2n) is 11.1. The molecule has 0 aromatic heterocycles. The predicted octanol–water partition coefficient (Wildman–Crippen LogP) is 8.42. The average Bonchev–Trinajstić information content (AvgIpc) is 3.16. The highest BCUT2D eigenvalue weighted by Crippen LogP contribution is 2.49. The van der Waals surface area contributed by atoms with E-state index < -0.39 is 0 Å². The normalized spacial score (nSPS) is 23.6. The Bertz CT molecular complexity index is 1270. The van der Waals surface area contributed by atoms with Crippen LogP contribution in [-0.4, -0.2) is 14.1 Å². The molecule has 0 saturated heterocycles. The summed E-state index contributed by atoms with van der Waals surface area (Å²) in [5.41, 5.74) is 9.05. The number of allylic oxidation sites excluding steroid dienone is 7. The van der Waals surface area contributed by atoms with Gasteiger partial charge in [-0.05, 0) is 59.7 Å². The maximum absolute atomic E-state index is 7.01. The second-order valence-corrected chi connectivity index (χ2v) is 11.4. The number of halogens is 1. The van der Waals surface area contributed by atoms with Gasteiger partial charge >= 0.3 is 0 Å². The molecule has 0 atom stereocenters. The van der Waals surface area contributed by atoms with Gasteiger partial charge in [0, 0.05) is 47.0 Å². The van der Waals surface area contributed by atoms with Crippen LogP contribution in [0.25, 0.3) is 0 Å². The largest absolute Gasteiger partial charge is 0.362 e. The second kappa shape index (κ2) is 8.75. The lowest BCUT2D eigenvalue weighted by atomic mass is 9.80. The van der Waals surface area contributed by atoms with Crippen LogP contribution in [0.1, 0.15) is 58.1 Å². The Morgan fingerprint density at radius 3 is 1.97 bits per heavy atom. The van der Waals surface area contributed by atoms with E-state index >= 15 is 0 Å². The lowest BCUT2D eigenvalue weighted by Gasteiger charge is -2.29. The van der Waals surface area contributed by atoms with Crippen LogP contribution >= 0.6 is 11.6 Å². The maximum Gasteiger partial charge on any atom is 0.0952 e. The van der Waals surface area contributed by atoms with Gasteiger partial charge in [-0.2, -0.15) is 0 Å². The number of nitrogens with zero attached hydrogens (tertiary/aromatic N) is 2. The summed E-state index contributed by atoms with van der Waals surface area (Å²) in [6.45, 7) is 9.23. The Balaban J connectivity index is 1.43. The van der Waals surface area contributed by atoms with E-state index in [0.717, 1.165) is 24.3 Å². The lowest BCUT2D eigenvalue weighted by Crippen LogP contribution is -2.29. The molecular formula is C32H36ClN2. The minimum atomic E-state index is -0.0275. The highest BCUT2D eigenvalue weighted by Gasteiger charge is 2.42. The van der Waals surface area contributed by atoms with E-state index in [4.69, 9.17) is 11.6 Å². The summed E-state index contributed by atoms with van der Waals surface area (Å²) in [4.78, 5) is 4.64. The number of hydrogen-bond acceptors (Lipinski definition) is 2. The monoisotopic (exact) mass is 483 g/mol. The topological polar surface area (TPSA) is 6.48 Å². The molecule has 3 aliphatic rings. The van der Waals surface area contributed by atoms with Gasteiger partial charge < -0.3 is 9.80 Å². The summed E-state index contributed by atoms with van der Waals surface area (Å²) in [6, 6.07) is 18.7. The first-order valence-electron chi connectivity index (χ1n) is 12.7. The number of likely N-dealkylation sites (N-methyl/N-ethyl adjacent to an activating group) is 2. The van der Waals surface area contributed by atoms with Crippen LogP contribution in [0, 0.1) is 6.04 Å². The van der Waals surface area contributed by atoms with Crippen molar-refractivity contribution in [3.63, 3.8) is 0 Å². The fraction of sp³-hybridized carbons (Fsp3) is 0.344. The first-order chi connectivity index (χ1) is 16.6. The van der Waals surface area contributed by atoms with Gasteiger partial charge in [-0.3, -0.25) is 0 Å². The molecule has 3 heteroatoms. The van der Waals surface area contributed by atoms with Crippen LogP contribution in [0.2, 0.25) is 0 Å². The maximum atomic E-state index is 7.01. The van der Waals surface area contributed by atoms with Crippen molar-refractivity contribution in [2.45, 2.75) is 57.8 Å². The fourth-order valence-electron chi connectivity index (χ4n) is 6.17. The third-order valence-electron chi connectivity index (χ3n) is 8.22. The molecule has 2 nitrogen and oxygen atoms in total. The number of hydrogen-bond donors (Lipinski definition) is 0. The predicted molar refractivity (Wildman–Crippen MR) is 151 cm³/mol. The van der Waals surface area contributed by atoms with Crippen molar-refractivity contribution in [3.8, 4) is 0 Å². The summed E-state index contributed by atoms with van der Waals surface area (Å²) in [5, 5.41) is 0.914. The molecule has 1 radical (unpaired) electrons. The standard InChI is InChI=1S/C32H36ClN2/c1-31(2)24-14-7-9-16-26(24)34(5)28(31)20-18-22-12-11-13-23(30(22)33)19-21-29-32(3,4)25-15-8-10-17-27(25)35(29)6/h7-10,14-21H,11-13H2,1-6H3/b20-18+,23-19+,29-21+. The summed E-state index contributed by atoms with van der Waals surface area (Å²) < 4.78 is 0. The van der Waals surface area contributed by atoms with Gasteiger partial charge in [-0.25, -0.2) is 0 Å². The van der Waals surface area contributed by atoms with Crippen molar-refractivity contribution in [1.82, 2.24) is 0 Å². The van der Waals surface area contributed by atoms with Gasteiger partial charge in [-0.15, -0.1) is 0 Å². The number of anilines is 2. The highest BCUT2D eigenvalue weighted by atomic mass is 35.5. The van der Waals surface area contributed by atoms with E-state index in [1.54, 1.807) is 0 Å². The van der Waals surface area contributed by atoms with E-state index in [9.17, 15) is 0 Å². The molecule has 0 N–H and O–H groups in total. The van der Waals surface area contributed by atoms with Crippen molar-refractivity contribution in [2.75, 3.05) is 23.9 Å². The minimum Gasteiger partial charge on any atom is -0.362 e. The Kier molecular flexibility index (Phi) is 6.00. The Labute approximate surface area is 216 Å². The highest BCUT2D eigenvalue weighted by molar-refractivity contribution is 6.32. The zero-order valence-corrected chi connectivity index (χ0v) is 22.6. The number of para-hydroxylation sites is 2. The molecular weight excluding hydrogens is 448 g/mol. The molecule has 5 rings (SSSR count). The molecule has 1 aliphatic carbocycles. The fourth-order valence-corrected chi connectivity index (χ4v) is 6.49. The molecule has 2 heterocycles. The van der Waals surface area contributed by atoms with Crippen LogP contribution in [0.15, 0.2) is 94.7 Å². The molecule has 0 amide bonds. The van der Waals surface area contributed by atoms with Crippen molar-refractivity contribution in [3.05, 3.63) is 112 Å². The van der Waals surface area contributed by atoms with E-state index in [1.807, 2.05) is 0 Å². The number of fused-ring (bicyclic) bond motifs is 2. The van der Waals surface area contributed by atoms with Gasteiger partial charge in [0.1, 0.15) is 0 Å². The van der Waals surface area contributed by atoms with Crippen LogP contribution in [0.4, 0.5) is 11.4 Å². The van der Waals surface area contributed by atoms with Gasteiger partial charge in [0.15, 0.2) is 0 Å². The summed E-state index contributed by atoms with van der Waals surface area (Å²) >= 11 is 7.01. The van der Waals surface area contributed by atoms with Crippen molar-refractivity contribution >= 4 is 23.0 Å². The van der Waals surface area contributed by atoms with E-state index in [0.29, 0.717) is 0 Å². The quantitative estimate of drug-likeness (QED) is 0.432. The van der Waals surface area contributed by atoms with Crippen LogP contribution < -0.4 is 9.80 Å². The average molecular weight is 484 g/mol. The van der Waals surface area contributed by atoms with Crippen LogP contribution in [-0.2, 0) is 10.8 Å². The first kappa shape index (κ1) is 24.0. The summed E-state index contributed by atoms with van der Waals surface area (Å²) in [6.07, 6.45) is 12.2. The SMILES string of the molecule is CN1[C](/C=C/C2=C(Cl)C(=C/C=C3/N(C)c4ccccc4C3(C)C)/CCC2)C(C)(C)c2ccccc21. The Morgan fingerprint density at radius 2 is 1.34 bits per heavy atom. The van der Waals surface area contributed by atoms with Crippen molar-refractivity contribution in [2.24, 2.45) is 0 Å². The molecule has 0 bridgehead atoms. The molecule has 2 aromatic rings. The molecule has 0 fully saturated rings. The molecule has 2 aliphatic heterocycles. The Hall–Kier alpha value is -2.71. The summed E-state index contributed by atoms with van der Waals surface area (Å²) in [7, 11) is 4.33. The third kappa shape index (κ3) is 3.87. The van der Waals surface area contributed by atoms with Gasteiger partial charge in [-0.1, -0.05) is 93.9 Å². The first-order valence-corrected chi connectivity index (χ1v) is 13.0. The molecule has 0 saturated carbocycles. The van der Waals surface area contributed by atoms with Gasteiger partial charge in [0.2, 0.25) is 0 Å². The van der Waals surface area contributed by atoms with Crippen molar-refractivity contribution in [1.29, 1.82) is 0 Å². The smallest absolute Gasteiger partial charge is 0.0952 e. The molecule has 2 aromatic carbocycles. The molecule has 0 spiro atoms. The number of benzene rings is 2. The number of rotatable bonds is 3. The lowest BCUT2D eigenvalue weighted by molar-refractivity contribution is 0.583. The van der Waals surface area contributed by atoms with E-state index in [1.165, 1.54) is 45.4 Å². The molecule has 35 heavy (non-hydrogen) atoms. The van der Waals surface area contributed by atoms with E-state index in [2.05, 4.69) is 124 Å². The third-order valence-corrected chi connectivity index (χ3v) is 8.71. The van der Waals surface area contributed by atoms with Gasteiger partial charge in [0.25, 0.3) is 0 Å². The molecule has 0 unspecified atom stereocenters. The van der Waals surface area contributed by atoms with Crippen LogP contribution in [0.3, 0.4) is 0 Å². The van der Waals surface area contributed by atoms with E-state index in [-0.39, 0.29) is 10.8 Å². The van der Waals surface area contributed by atoms with Crippen molar-refractivity contribution < 1.29 is 0 Å².